The molecule has 0 fully saturated rings. The van der Waals surface area contributed by atoms with Gasteiger partial charge < -0.3 is 0 Å². The average molecular weight is 611 g/mol. The van der Waals surface area contributed by atoms with E-state index in [0.29, 0.717) is 0 Å². The van der Waals surface area contributed by atoms with Gasteiger partial charge in [0.2, 0.25) is 0 Å². The van der Waals surface area contributed by atoms with Crippen LogP contribution in [-0.4, -0.2) is 16.1 Å². The van der Waals surface area contributed by atoms with Crippen molar-refractivity contribution in [2.24, 2.45) is 0 Å². The maximum absolute atomic E-state index is 3.98. The van der Waals surface area contributed by atoms with Gasteiger partial charge in [0.05, 0.1) is 0 Å². The maximum atomic E-state index is 3.98. The molecular weight excluding hydrogens is 561 g/mol. The maximum Gasteiger partial charge on any atom is 0.138 e. The molecule has 0 aliphatic heterocycles. The number of hydrogen-bond acceptors (Lipinski definition) is 0. The van der Waals surface area contributed by atoms with E-state index in [1.807, 2.05) is 0 Å². The number of fused-ring (bicyclic) bond motifs is 4. The van der Waals surface area contributed by atoms with Gasteiger partial charge in [0.1, 0.15) is 16.1 Å². The van der Waals surface area contributed by atoms with Crippen LogP contribution < -0.4 is 0 Å². The second-order valence-corrected chi connectivity index (χ2v) is 23.2. The van der Waals surface area contributed by atoms with E-state index in [9.17, 15) is 0 Å². The summed E-state index contributed by atoms with van der Waals surface area (Å²) in [6.07, 6.45) is 0. The molecule has 0 spiro atoms. The summed E-state index contributed by atoms with van der Waals surface area (Å²) in [5.41, 5.74) is 15.7. The Hall–Kier alpha value is -3.31. The van der Waals surface area contributed by atoms with Gasteiger partial charge in [-0.3, -0.25) is 0 Å². The summed E-state index contributed by atoms with van der Waals surface area (Å²) in [5, 5.41) is 10.2. The molecule has 0 N–H and O–H groups in total. The Morgan fingerprint density at radius 3 is 0.818 bits per heavy atom. The summed E-state index contributed by atoms with van der Waals surface area (Å²) < 4.78 is 0. The van der Waals surface area contributed by atoms with Crippen molar-refractivity contribution in [1.29, 1.82) is 0 Å². The monoisotopic (exact) mass is 610 g/mol. The summed E-state index contributed by atoms with van der Waals surface area (Å²) in [5.74, 6) is 7.82. The van der Waals surface area contributed by atoms with Gasteiger partial charge in [-0.25, -0.2) is 0 Å². The molecule has 0 heterocycles. The molecule has 5 aromatic rings. The van der Waals surface area contributed by atoms with Crippen molar-refractivity contribution in [2.45, 2.75) is 106 Å². The highest BCUT2D eigenvalue weighted by molar-refractivity contribution is 6.87. The van der Waals surface area contributed by atoms with Crippen molar-refractivity contribution in [3.8, 4) is 22.9 Å². The van der Waals surface area contributed by atoms with Gasteiger partial charge in [0, 0.05) is 11.1 Å². The van der Waals surface area contributed by atoms with E-state index >= 15 is 0 Å². The second-order valence-electron chi connectivity index (χ2n) is 13.3. The molecule has 0 unspecified atom stereocenters. The molecule has 44 heavy (non-hydrogen) atoms. The zero-order chi connectivity index (χ0) is 31.8. The van der Waals surface area contributed by atoms with Crippen molar-refractivity contribution in [3.63, 3.8) is 0 Å². The zero-order valence-electron chi connectivity index (χ0n) is 28.9. The van der Waals surface area contributed by atoms with Crippen molar-refractivity contribution in [2.75, 3.05) is 0 Å². The highest BCUT2D eigenvalue weighted by Gasteiger charge is 2.26. The highest BCUT2D eigenvalue weighted by atomic mass is 28.3. The minimum Gasteiger partial charge on any atom is -0.126 e. The van der Waals surface area contributed by atoms with E-state index in [1.54, 1.807) is 0 Å². The predicted octanol–water partition coefficient (Wildman–Crippen LogP) is 12.3. The minimum atomic E-state index is -1.67. The third-order valence-electron chi connectivity index (χ3n) is 11.2. The molecule has 226 valence electrons. The van der Waals surface area contributed by atoms with Crippen LogP contribution in [0, 0.1) is 50.6 Å². The largest absolute Gasteiger partial charge is 0.138 e. The minimum absolute atomic E-state index is 1.19. The fraction of sp³-hybridized carbons (Fsp3) is 0.381. The average Bonchev–Trinajstić information content (AvgIpc) is 3.03. The molecule has 0 bridgehead atoms. The molecule has 2 heteroatoms. The van der Waals surface area contributed by atoms with Crippen LogP contribution in [0.4, 0.5) is 0 Å². The lowest BCUT2D eigenvalue weighted by molar-refractivity contribution is 1.20. The van der Waals surface area contributed by atoms with Crippen molar-refractivity contribution in [1.82, 2.24) is 0 Å². The van der Waals surface area contributed by atoms with E-state index in [2.05, 4.69) is 141 Å². The molecule has 0 amide bonds. The molecule has 0 saturated heterocycles. The van der Waals surface area contributed by atoms with Crippen molar-refractivity contribution >= 4 is 59.2 Å². The molecule has 0 aliphatic carbocycles. The molecule has 5 rings (SSSR count). The first-order valence-electron chi connectivity index (χ1n) is 17.0. The van der Waals surface area contributed by atoms with Gasteiger partial charge in [-0.05, 0) is 154 Å². The second kappa shape index (κ2) is 12.6. The quantitative estimate of drug-likeness (QED) is 0.102. The Morgan fingerprint density at radius 2 is 0.614 bits per heavy atom. The standard InChI is InChI=1S/C42H50Si2/c1-11-43(12-2,13-3)19-17-37-39-25-33-21-29(7)31(9)23-35(33)27-41(39)38(18-20-44(14-4,15-5)16-6)42-28-36-24-32(10)30(8)22-34(36)26-40(37)42/h21-28H,11-16H2,1-10H3. The van der Waals surface area contributed by atoms with E-state index in [4.69, 9.17) is 0 Å². The van der Waals surface area contributed by atoms with Gasteiger partial charge in [-0.15, -0.1) is 11.1 Å². The molecule has 0 saturated carbocycles. The van der Waals surface area contributed by atoms with E-state index in [0.717, 1.165) is 0 Å². The summed E-state index contributed by atoms with van der Waals surface area (Å²) in [6.45, 7) is 23.0. The first kappa shape index (κ1) is 32.1. The van der Waals surface area contributed by atoms with E-state index in [1.165, 1.54) is 113 Å². The van der Waals surface area contributed by atoms with Crippen LogP contribution in [-0.2, 0) is 0 Å². The molecule has 5 aromatic carbocycles. The smallest absolute Gasteiger partial charge is 0.126 e. The van der Waals surface area contributed by atoms with Crippen LogP contribution in [0.25, 0.3) is 43.1 Å². The Balaban J connectivity index is 2.05. The SMILES string of the molecule is CC[Si](C#Cc1c2cc3cc(C)c(C)cc3cc2c(C#C[Si](CC)(CC)CC)c2cc3cc(C)c(C)cc3cc12)(CC)CC. The lowest BCUT2D eigenvalue weighted by Crippen LogP contribution is -2.29. The van der Waals surface area contributed by atoms with E-state index < -0.39 is 16.1 Å². The van der Waals surface area contributed by atoms with Crippen LogP contribution in [0.1, 0.15) is 74.9 Å². The van der Waals surface area contributed by atoms with E-state index in [-0.39, 0.29) is 0 Å². The summed E-state index contributed by atoms with van der Waals surface area (Å²) in [6, 6.07) is 26.3. The van der Waals surface area contributed by atoms with Gasteiger partial charge in [0.15, 0.2) is 0 Å². The number of rotatable bonds is 6. The molecule has 0 nitrogen and oxygen atoms in total. The third-order valence-corrected chi connectivity index (χ3v) is 20.7. The molecule has 0 atom stereocenters. The van der Waals surface area contributed by atoms with Crippen LogP contribution in [0.2, 0.25) is 36.3 Å². The van der Waals surface area contributed by atoms with Crippen LogP contribution in [0.15, 0.2) is 48.5 Å². The fourth-order valence-electron chi connectivity index (χ4n) is 6.96. The van der Waals surface area contributed by atoms with Crippen molar-refractivity contribution < 1.29 is 0 Å². The summed E-state index contributed by atoms with van der Waals surface area (Å²) in [7, 11) is -3.33. The number of benzene rings is 5. The number of hydrogen-bond donors (Lipinski definition) is 0. The van der Waals surface area contributed by atoms with Crippen LogP contribution in [0.5, 0.6) is 0 Å². The van der Waals surface area contributed by atoms with Gasteiger partial charge >= 0.3 is 0 Å². The van der Waals surface area contributed by atoms with Crippen LogP contribution in [0.3, 0.4) is 0 Å². The first-order chi connectivity index (χ1) is 21.1. The number of aryl methyl sites for hydroxylation is 4. The fourth-order valence-corrected chi connectivity index (χ4v) is 11.8. The van der Waals surface area contributed by atoms with Gasteiger partial charge in [-0.1, -0.05) is 77.6 Å². The predicted molar refractivity (Wildman–Crippen MR) is 204 cm³/mol. The molecule has 0 radical (unpaired) electrons. The molecular formula is C42H50Si2. The van der Waals surface area contributed by atoms with Gasteiger partial charge in [-0.2, -0.15) is 0 Å². The third kappa shape index (κ3) is 5.64. The Morgan fingerprint density at radius 1 is 0.386 bits per heavy atom. The normalized spacial score (nSPS) is 12.0. The first-order valence-corrected chi connectivity index (χ1v) is 22.2. The lowest BCUT2D eigenvalue weighted by Gasteiger charge is -2.21. The van der Waals surface area contributed by atoms with Gasteiger partial charge in [0.25, 0.3) is 0 Å². The highest BCUT2D eigenvalue weighted by Crippen LogP contribution is 2.38. The topological polar surface area (TPSA) is 0 Å². The lowest BCUT2D eigenvalue weighted by atomic mass is 9.88. The van der Waals surface area contributed by atoms with Crippen molar-refractivity contribution in [3.05, 3.63) is 81.9 Å². The Labute approximate surface area is 268 Å². The Kier molecular flexibility index (Phi) is 9.19. The summed E-state index contributed by atoms with van der Waals surface area (Å²) >= 11 is 0. The summed E-state index contributed by atoms with van der Waals surface area (Å²) in [4.78, 5) is 0. The zero-order valence-corrected chi connectivity index (χ0v) is 30.9. The molecule has 0 aliphatic rings. The molecule has 0 aromatic heterocycles. The van der Waals surface area contributed by atoms with Crippen LogP contribution >= 0.6 is 0 Å². The Bertz CT molecular complexity index is 1760.